The van der Waals surface area contributed by atoms with Gasteiger partial charge in [-0.15, -0.1) is 0 Å². The highest BCUT2D eigenvalue weighted by Gasteiger charge is 2.19. The van der Waals surface area contributed by atoms with E-state index >= 15 is 0 Å². The van der Waals surface area contributed by atoms with Crippen molar-refractivity contribution in [2.45, 2.75) is 25.7 Å². The summed E-state index contributed by atoms with van der Waals surface area (Å²) >= 11 is 5.92. The Bertz CT molecular complexity index is 864. The number of ketones is 1. The number of benzene rings is 2. The Morgan fingerprint density at radius 1 is 1.12 bits per heavy atom. The Labute approximate surface area is 156 Å². The Morgan fingerprint density at radius 3 is 2.77 bits per heavy atom. The lowest BCUT2D eigenvalue weighted by Gasteiger charge is -2.06. The van der Waals surface area contributed by atoms with Gasteiger partial charge < -0.3 is 10.6 Å². The summed E-state index contributed by atoms with van der Waals surface area (Å²) in [5, 5.41) is 6.22. The minimum absolute atomic E-state index is 0.0660. The third kappa shape index (κ3) is 4.70. The first-order valence-electron chi connectivity index (χ1n) is 8.48. The molecule has 2 aromatic carbocycles. The van der Waals surface area contributed by atoms with Crippen molar-refractivity contribution in [3.05, 3.63) is 64.2 Å². The number of carbonyl (C=O) groups excluding carboxylic acids is 3. The van der Waals surface area contributed by atoms with Gasteiger partial charge >= 0.3 is 0 Å². The van der Waals surface area contributed by atoms with Crippen LogP contribution in [0.2, 0.25) is 5.02 Å². The van der Waals surface area contributed by atoms with Gasteiger partial charge in [0.1, 0.15) is 0 Å². The maximum Gasteiger partial charge on any atom is 0.228 e. The zero-order valence-electron chi connectivity index (χ0n) is 14.2. The number of fused-ring (bicyclic) bond motifs is 1. The molecule has 2 aromatic rings. The van der Waals surface area contributed by atoms with Crippen LogP contribution < -0.4 is 10.6 Å². The summed E-state index contributed by atoms with van der Waals surface area (Å²) in [4.78, 5) is 35.5. The van der Waals surface area contributed by atoms with Crippen LogP contribution in [0.4, 0.5) is 5.69 Å². The molecule has 0 saturated heterocycles. The van der Waals surface area contributed by atoms with Gasteiger partial charge in [0, 0.05) is 35.7 Å². The topological polar surface area (TPSA) is 75.3 Å². The lowest BCUT2D eigenvalue weighted by atomic mass is 10.0. The molecule has 0 aliphatic carbocycles. The molecule has 1 aliphatic rings. The fourth-order valence-corrected chi connectivity index (χ4v) is 3.11. The smallest absolute Gasteiger partial charge is 0.228 e. The standard InChI is InChI=1S/C20H19ClN2O3/c21-16-3-1-2-13(10-16)8-9-22-19(25)7-6-18(24)14-4-5-17-15(11-14)12-20(26)23-17/h1-5,10-11H,6-9,12H2,(H,22,25)(H,23,26). The normalized spacial score (nSPS) is 12.4. The highest BCUT2D eigenvalue weighted by Crippen LogP contribution is 2.24. The Balaban J connectivity index is 1.43. The van der Waals surface area contributed by atoms with Gasteiger partial charge in [-0.3, -0.25) is 14.4 Å². The van der Waals surface area contributed by atoms with Crippen LogP contribution in [-0.4, -0.2) is 24.1 Å². The zero-order chi connectivity index (χ0) is 18.5. The summed E-state index contributed by atoms with van der Waals surface area (Å²) in [6.45, 7) is 0.500. The maximum atomic E-state index is 12.3. The first-order chi connectivity index (χ1) is 12.5. The largest absolute Gasteiger partial charge is 0.356 e. The lowest BCUT2D eigenvalue weighted by Crippen LogP contribution is -2.26. The number of nitrogens with one attached hydrogen (secondary N) is 2. The van der Waals surface area contributed by atoms with E-state index in [0.717, 1.165) is 16.8 Å². The first kappa shape index (κ1) is 18.1. The van der Waals surface area contributed by atoms with Crippen molar-refractivity contribution >= 4 is 34.9 Å². The van der Waals surface area contributed by atoms with Crippen molar-refractivity contribution in [3.63, 3.8) is 0 Å². The van der Waals surface area contributed by atoms with Crippen LogP contribution in [0, 0.1) is 0 Å². The second-order valence-corrected chi connectivity index (χ2v) is 6.69. The molecule has 0 radical (unpaired) electrons. The molecule has 0 bridgehead atoms. The molecule has 0 spiro atoms. The SMILES string of the molecule is O=C(CCC(=O)c1ccc2c(c1)CC(=O)N2)NCCc1cccc(Cl)c1. The molecule has 0 saturated carbocycles. The number of halogens is 1. The van der Waals surface area contributed by atoms with Crippen molar-refractivity contribution in [2.24, 2.45) is 0 Å². The van der Waals surface area contributed by atoms with Gasteiger partial charge in [-0.1, -0.05) is 23.7 Å². The Kier molecular flexibility index (Phi) is 5.68. The van der Waals surface area contributed by atoms with Crippen molar-refractivity contribution < 1.29 is 14.4 Å². The molecule has 1 heterocycles. The Morgan fingerprint density at radius 2 is 1.96 bits per heavy atom. The average molecular weight is 371 g/mol. The van der Waals surface area contributed by atoms with E-state index < -0.39 is 0 Å². The second kappa shape index (κ2) is 8.15. The predicted octanol–water partition coefficient (Wildman–Crippen LogP) is 3.16. The molecule has 0 aromatic heterocycles. The number of rotatable bonds is 7. The fraction of sp³-hybridized carbons (Fsp3) is 0.250. The summed E-state index contributed by atoms with van der Waals surface area (Å²) in [7, 11) is 0. The monoisotopic (exact) mass is 370 g/mol. The molecule has 0 unspecified atom stereocenters. The van der Waals surface area contributed by atoms with Gasteiger partial charge in [0.15, 0.2) is 5.78 Å². The summed E-state index contributed by atoms with van der Waals surface area (Å²) in [6.07, 6.45) is 1.26. The third-order valence-electron chi connectivity index (χ3n) is 4.26. The third-order valence-corrected chi connectivity index (χ3v) is 4.49. The molecule has 1 aliphatic heterocycles. The highest BCUT2D eigenvalue weighted by atomic mass is 35.5. The number of hydrogen-bond donors (Lipinski definition) is 2. The van der Waals surface area contributed by atoms with Gasteiger partial charge in [-0.25, -0.2) is 0 Å². The van der Waals surface area contributed by atoms with Crippen molar-refractivity contribution in [1.29, 1.82) is 0 Å². The molecule has 0 atom stereocenters. The molecule has 0 fully saturated rings. The number of anilines is 1. The molecule has 134 valence electrons. The minimum atomic E-state index is -0.154. The van der Waals surface area contributed by atoms with Gasteiger partial charge in [0.25, 0.3) is 0 Å². The van der Waals surface area contributed by atoms with Gasteiger partial charge in [-0.2, -0.15) is 0 Å². The van der Waals surface area contributed by atoms with Crippen molar-refractivity contribution in [1.82, 2.24) is 5.32 Å². The van der Waals surface area contributed by atoms with E-state index in [1.807, 2.05) is 18.2 Å². The molecule has 5 nitrogen and oxygen atoms in total. The van der Waals surface area contributed by atoms with Crippen LogP contribution >= 0.6 is 11.6 Å². The van der Waals surface area contributed by atoms with Crippen LogP contribution in [0.1, 0.15) is 34.3 Å². The molecular formula is C20H19ClN2O3. The molecule has 2 amide bonds. The van der Waals surface area contributed by atoms with E-state index in [4.69, 9.17) is 11.6 Å². The minimum Gasteiger partial charge on any atom is -0.356 e. The van der Waals surface area contributed by atoms with Crippen LogP contribution in [0.5, 0.6) is 0 Å². The zero-order valence-corrected chi connectivity index (χ0v) is 14.9. The molecule has 3 rings (SSSR count). The maximum absolute atomic E-state index is 12.3. The number of carbonyl (C=O) groups is 3. The molecular weight excluding hydrogens is 352 g/mol. The van der Waals surface area contributed by atoms with Crippen molar-refractivity contribution in [2.75, 3.05) is 11.9 Å². The van der Waals surface area contributed by atoms with E-state index in [2.05, 4.69) is 10.6 Å². The van der Waals surface area contributed by atoms with Crippen molar-refractivity contribution in [3.8, 4) is 0 Å². The summed E-state index contributed by atoms with van der Waals surface area (Å²) in [5.41, 5.74) is 3.17. The fourth-order valence-electron chi connectivity index (χ4n) is 2.90. The first-order valence-corrected chi connectivity index (χ1v) is 8.86. The average Bonchev–Trinajstić information content (AvgIpc) is 2.99. The lowest BCUT2D eigenvalue weighted by molar-refractivity contribution is -0.121. The number of hydrogen-bond acceptors (Lipinski definition) is 3. The molecule has 6 heteroatoms. The van der Waals surface area contributed by atoms with Gasteiger partial charge in [0.05, 0.1) is 6.42 Å². The van der Waals surface area contributed by atoms with E-state index in [-0.39, 0.29) is 30.4 Å². The highest BCUT2D eigenvalue weighted by molar-refractivity contribution is 6.30. The summed E-state index contributed by atoms with van der Waals surface area (Å²) in [5.74, 6) is -0.320. The van der Waals surface area contributed by atoms with E-state index in [1.165, 1.54) is 0 Å². The number of Topliss-reactive ketones (excluding diaryl/α,β-unsaturated/α-hetero) is 1. The predicted molar refractivity (Wildman–Crippen MR) is 101 cm³/mol. The van der Waals surface area contributed by atoms with Crippen LogP contribution in [-0.2, 0) is 22.4 Å². The van der Waals surface area contributed by atoms with Gasteiger partial charge in [0.2, 0.25) is 11.8 Å². The van der Waals surface area contributed by atoms with E-state index in [1.54, 1.807) is 24.3 Å². The van der Waals surface area contributed by atoms with Gasteiger partial charge in [-0.05, 0) is 47.9 Å². The second-order valence-electron chi connectivity index (χ2n) is 6.25. The molecule has 2 N–H and O–H groups in total. The van der Waals surface area contributed by atoms with E-state index in [9.17, 15) is 14.4 Å². The van der Waals surface area contributed by atoms with Crippen LogP contribution in [0.3, 0.4) is 0 Å². The van der Waals surface area contributed by atoms with Crippen LogP contribution in [0.25, 0.3) is 0 Å². The quantitative estimate of drug-likeness (QED) is 0.735. The Hall–Kier alpha value is -2.66. The van der Waals surface area contributed by atoms with E-state index in [0.29, 0.717) is 30.0 Å². The summed E-state index contributed by atoms with van der Waals surface area (Å²) < 4.78 is 0. The van der Waals surface area contributed by atoms with Crippen LogP contribution in [0.15, 0.2) is 42.5 Å². The molecule has 26 heavy (non-hydrogen) atoms. The summed E-state index contributed by atoms with van der Waals surface area (Å²) in [6, 6.07) is 12.6. The number of amides is 2.